The molecule has 1 heterocycles. The number of amides is 1. The van der Waals surface area contributed by atoms with E-state index in [0.29, 0.717) is 23.5 Å². The zero-order valence-corrected chi connectivity index (χ0v) is 17.7. The predicted molar refractivity (Wildman–Crippen MR) is 108 cm³/mol. The van der Waals surface area contributed by atoms with E-state index in [2.05, 4.69) is 5.32 Å². The summed E-state index contributed by atoms with van der Waals surface area (Å²) in [6, 6.07) is 6.87. The molecule has 0 saturated carbocycles. The lowest BCUT2D eigenvalue weighted by Crippen LogP contribution is -2.28. The Morgan fingerprint density at radius 1 is 1.29 bits per heavy atom. The van der Waals surface area contributed by atoms with Crippen LogP contribution >= 0.6 is 11.6 Å². The minimum Gasteiger partial charge on any atom is -0.451 e. The Labute approximate surface area is 181 Å². The summed E-state index contributed by atoms with van der Waals surface area (Å²) in [5.41, 5.74) is 0.417. The summed E-state index contributed by atoms with van der Waals surface area (Å²) >= 11 is 5.69. The van der Waals surface area contributed by atoms with Crippen LogP contribution in [0.2, 0.25) is 5.02 Å². The van der Waals surface area contributed by atoms with Gasteiger partial charge in [-0.1, -0.05) is 11.6 Å². The first-order valence-electron chi connectivity index (χ1n) is 9.11. The number of nitrogens with zero attached hydrogens (tertiary/aromatic N) is 2. The SMILES string of the molecule is CCNC(=O)COC(=O)/C(C#N)=C/c1cc(C)n(-c2ccc(Cl)c(C(F)(F)F)c2)c1C. The van der Waals surface area contributed by atoms with Crippen LogP contribution in [0, 0.1) is 25.2 Å². The third kappa shape index (κ3) is 5.67. The van der Waals surface area contributed by atoms with E-state index in [-0.39, 0.29) is 11.3 Å². The smallest absolute Gasteiger partial charge is 0.417 e. The fraction of sp³-hybridized carbons (Fsp3) is 0.286. The van der Waals surface area contributed by atoms with Crippen molar-refractivity contribution in [3.63, 3.8) is 0 Å². The van der Waals surface area contributed by atoms with Gasteiger partial charge in [0.05, 0.1) is 10.6 Å². The highest BCUT2D eigenvalue weighted by Crippen LogP contribution is 2.36. The Morgan fingerprint density at radius 3 is 2.55 bits per heavy atom. The lowest BCUT2D eigenvalue weighted by atomic mass is 10.1. The number of halogens is 4. The average molecular weight is 454 g/mol. The second kappa shape index (κ2) is 9.71. The molecule has 0 unspecified atom stereocenters. The molecule has 0 atom stereocenters. The van der Waals surface area contributed by atoms with E-state index in [4.69, 9.17) is 16.3 Å². The molecule has 0 aliphatic carbocycles. The van der Waals surface area contributed by atoms with E-state index in [1.54, 1.807) is 37.5 Å². The van der Waals surface area contributed by atoms with Gasteiger partial charge in [0.15, 0.2) is 6.61 Å². The maximum absolute atomic E-state index is 13.2. The first kappa shape index (κ1) is 24.0. The molecular weight excluding hydrogens is 435 g/mol. The van der Waals surface area contributed by atoms with Gasteiger partial charge in [-0.15, -0.1) is 0 Å². The van der Waals surface area contributed by atoms with Gasteiger partial charge < -0.3 is 14.6 Å². The summed E-state index contributed by atoms with van der Waals surface area (Å²) in [6.07, 6.45) is -3.36. The lowest BCUT2D eigenvalue weighted by Gasteiger charge is -2.14. The molecule has 0 bridgehead atoms. The van der Waals surface area contributed by atoms with Crippen molar-refractivity contribution in [1.29, 1.82) is 5.26 Å². The zero-order chi connectivity index (χ0) is 23.3. The summed E-state index contributed by atoms with van der Waals surface area (Å²) in [4.78, 5) is 23.5. The number of nitrogens with one attached hydrogen (secondary N) is 1. The highest BCUT2D eigenvalue weighted by atomic mass is 35.5. The van der Waals surface area contributed by atoms with Gasteiger partial charge in [0, 0.05) is 23.6 Å². The fourth-order valence-corrected chi connectivity index (χ4v) is 3.17. The number of alkyl halides is 3. The van der Waals surface area contributed by atoms with E-state index in [1.165, 1.54) is 12.1 Å². The van der Waals surface area contributed by atoms with Crippen molar-refractivity contribution in [3.8, 4) is 11.8 Å². The molecule has 6 nitrogen and oxygen atoms in total. The Kier molecular flexibility index (Phi) is 7.52. The van der Waals surface area contributed by atoms with Crippen LogP contribution in [-0.2, 0) is 20.5 Å². The van der Waals surface area contributed by atoms with Gasteiger partial charge in [-0.2, -0.15) is 18.4 Å². The zero-order valence-electron chi connectivity index (χ0n) is 16.9. The molecule has 0 fully saturated rings. The molecule has 0 aliphatic rings. The number of likely N-dealkylation sites (N-methyl/N-ethyl adjacent to an activating group) is 1. The van der Waals surface area contributed by atoms with Crippen LogP contribution in [0.4, 0.5) is 13.2 Å². The molecule has 2 aromatic rings. The molecule has 31 heavy (non-hydrogen) atoms. The lowest BCUT2D eigenvalue weighted by molar-refractivity contribution is -0.144. The molecule has 0 aliphatic heterocycles. The van der Waals surface area contributed by atoms with Crippen LogP contribution < -0.4 is 5.32 Å². The Morgan fingerprint density at radius 2 is 1.97 bits per heavy atom. The second-order valence-electron chi connectivity index (χ2n) is 6.52. The van der Waals surface area contributed by atoms with Gasteiger partial charge in [0.25, 0.3) is 5.91 Å². The Hall–Kier alpha value is -3.25. The fourth-order valence-electron chi connectivity index (χ4n) is 2.95. The number of aryl methyl sites for hydroxylation is 1. The minimum absolute atomic E-state index is 0.226. The maximum atomic E-state index is 13.2. The number of aromatic nitrogens is 1. The first-order chi connectivity index (χ1) is 14.5. The first-order valence-corrected chi connectivity index (χ1v) is 9.49. The summed E-state index contributed by atoms with van der Waals surface area (Å²) in [6.45, 7) is 4.84. The average Bonchev–Trinajstić information content (AvgIpc) is 2.97. The number of hydrogen-bond acceptors (Lipinski definition) is 4. The molecule has 1 N–H and O–H groups in total. The molecule has 164 valence electrons. The highest BCUT2D eigenvalue weighted by Gasteiger charge is 2.33. The molecular formula is C21H19ClF3N3O3. The van der Waals surface area contributed by atoms with Gasteiger partial charge in [-0.25, -0.2) is 4.79 Å². The molecule has 0 saturated heterocycles. The van der Waals surface area contributed by atoms with Gasteiger partial charge in [0.1, 0.15) is 11.6 Å². The summed E-state index contributed by atoms with van der Waals surface area (Å²) in [7, 11) is 0. The molecule has 0 radical (unpaired) electrons. The number of carbonyl (C=O) groups excluding carboxylic acids is 2. The Bertz CT molecular complexity index is 1080. The number of esters is 1. The van der Waals surface area contributed by atoms with Crippen LogP contribution in [-0.4, -0.2) is 29.6 Å². The topological polar surface area (TPSA) is 84.1 Å². The van der Waals surface area contributed by atoms with Crippen molar-refractivity contribution >= 4 is 29.6 Å². The van der Waals surface area contributed by atoms with E-state index in [0.717, 1.165) is 12.1 Å². The number of benzene rings is 1. The number of hydrogen-bond donors (Lipinski definition) is 1. The van der Waals surface area contributed by atoms with E-state index < -0.39 is 35.2 Å². The highest BCUT2D eigenvalue weighted by molar-refractivity contribution is 6.31. The molecule has 1 amide bonds. The molecule has 2 rings (SSSR count). The monoisotopic (exact) mass is 453 g/mol. The largest absolute Gasteiger partial charge is 0.451 e. The van der Waals surface area contributed by atoms with Gasteiger partial charge in [-0.3, -0.25) is 4.79 Å². The molecule has 0 spiro atoms. The van der Waals surface area contributed by atoms with E-state index in [9.17, 15) is 28.0 Å². The van der Waals surface area contributed by atoms with E-state index in [1.807, 2.05) is 0 Å². The second-order valence-corrected chi connectivity index (χ2v) is 6.93. The quantitative estimate of drug-likeness (QED) is 0.400. The van der Waals surface area contributed by atoms with Gasteiger partial charge >= 0.3 is 12.1 Å². The van der Waals surface area contributed by atoms with Crippen LogP contribution in [0.5, 0.6) is 0 Å². The summed E-state index contributed by atoms with van der Waals surface area (Å²) in [5, 5.41) is 11.3. The number of nitriles is 1. The van der Waals surface area contributed by atoms with Crippen LogP contribution in [0.15, 0.2) is 29.8 Å². The van der Waals surface area contributed by atoms with E-state index >= 15 is 0 Å². The summed E-state index contributed by atoms with van der Waals surface area (Å²) < 4.78 is 46.0. The van der Waals surface area contributed by atoms with Crippen molar-refractivity contribution in [3.05, 3.63) is 57.4 Å². The normalized spacial score (nSPS) is 11.7. The van der Waals surface area contributed by atoms with Crippen molar-refractivity contribution in [1.82, 2.24) is 9.88 Å². The van der Waals surface area contributed by atoms with Crippen LogP contribution in [0.1, 0.15) is 29.4 Å². The van der Waals surface area contributed by atoms with Gasteiger partial charge in [0.2, 0.25) is 0 Å². The van der Waals surface area contributed by atoms with Crippen LogP contribution in [0.25, 0.3) is 11.8 Å². The number of carbonyl (C=O) groups is 2. The standard InChI is InChI=1S/C21H19ClF3N3O3/c1-4-27-19(29)11-31-20(30)15(10-26)8-14-7-12(2)28(13(14)3)16-5-6-18(22)17(9-16)21(23,24)25/h5-9H,4,11H2,1-3H3,(H,27,29)/b15-8+. The summed E-state index contributed by atoms with van der Waals surface area (Å²) in [5.74, 6) is -1.49. The third-order valence-corrected chi connectivity index (χ3v) is 4.66. The predicted octanol–water partition coefficient (Wildman–Crippen LogP) is 4.35. The third-order valence-electron chi connectivity index (χ3n) is 4.33. The number of rotatable bonds is 6. The maximum Gasteiger partial charge on any atom is 0.417 e. The van der Waals surface area contributed by atoms with Crippen molar-refractivity contribution in [2.75, 3.05) is 13.2 Å². The number of ether oxygens (including phenoxy) is 1. The molecule has 10 heteroatoms. The van der Waals surface area contributed by atoms with Crippen molar-refractivity contribution < 1.29 is 27.5 Å². The minimum atomic E-state index is -4.62. The van der Waals surface area contributed by atoms with Crippen molar-refractivity contribution in [2.24, 2.45) is 0 Å². The van der Waals surface area contributed by atoms with Crippen molar-refractivity contribution in [2.45, 2.75) is 26.9 Å². The molecule has 1 aromatic heterocycles. The Balaban J connectivity index is 2.40. The van der Waals surface area contributed by atoms with Crippen LogP contribution in [0.3, 0.4) is 0 Å². The van der Waals surface area contributed by atoms with Gasteiger partial charge in [-0.05, 0) is 56.7 Å². The molecule has 1 aromatic carbocycles.